The quantitative estimate of drug-likeness (QED) is 0.0880. The van der Waals surface area contributed by atoms with E-state index in [0.717, 1.165) is 12.3 Å². The van der Waals surface area contributed by atoms with Crippen molar-refractivity contribution < 1.29 is 94.8 Å². The van der Waals surface area contributed by atoms with E-state index in [1.165, 1.54) is 0 Å². The molecule has 0 aliphatic carbocycles. The average molecular weight is 696 g/mol. The molecule has 0 amide bonds. The molecule has 2 aliphatic rings. The van der Waals surface area contributed by atoms with Gasteiger partial charge in [-0.1, -0.05) is 0 Å². The summed E-state index contributed by atoms with van der Waals surface area (Å²) >= 11 is 0. The van der Waals surface area contributed by atoms with Crippen molar-refractivity contribution in [2.45, 2.75) is 49.1 Å². The third kappa shape index (κ3) is 9.24. The molecular weight excluding hydrogens is 672 g/mol. The lowest BCUT2D eigenvalue weighted by Crippen LogP contribution is -2.37. The Morgan fingerprint density at radius 1 is 0.714 bits per heavy atom. The Hall–Kier alpha value is -1.04. The molecule has 0 spiro atoms. The van der Waals surface area contributed by atoms with E-state index in [1.807, 2.05) is 4.98 Å². The number of H-pyrrole nitrogens is 1. The van der Waals surface area contributed by atoms with Gasteiger partial charge >= 0.3 is 37.0 Å². The van der Waals surface area contributed by atoms with Gasteiger partial charge in [-0.2, -0.15) is 12.9 Å². The van der Waals surface area contributed by atoms with Crippen LogP contribution in [0.2, 0.25) is 0 Å². The number of aromatic amines is 1. The monoisotopic (exact) mass is 696 g/mol. The van der Waals surface area contributed by atoms with Crippen LogP contribution < -0.4 is 11.2 Å². The van der Waals surface area contributed by atoms with Gasteiger partial charge in [0.15, 0.2) is 12.5 Å². The molecule has 2 fully saturated rings. The Kier molecular flexibility index (Phi) is 11.1. The van der Waals surface area contributed by atoms with E-state index in [9.17, 15) is 73.0 Å². The highest BCUT2D eigenvalue weighted by Crippen LogP contribution is 2.71. The first-order valence-corrected chi connectivity index (χ1v) is 16.9. The van der Waals surface area contributed by atoms with E-state index in [0.29, 0.717) is 4.57 Å². The number of hydrogen-bond donors (Lipinski definition) is 10. The number of phosphoric ester groups is 2. The summed E-state index contributed by atoms with van der Waals surface area (Å²) in [5, 5.41) is 48.4. The first-order valence-electron chi connectivity index (χ1n) is 10.9. The van der Waals surface area contributed by atoms with Crippen LogP contribution in [0, 0.1) is 0 Å². The summed E-state index contributed by atoms with van der Waals surface area (Å²) in [7, 11) is -23.8. The fourth-order valence-electron chi connectivity index (χ4n) is 3.39. The highest BCUT2D eigenvalue weighted by Gasteiger charge is 2.49. The van der Waals surface area contributed by atoms with Crippen molar-refractivity contribution in [1.82, 2.24) is 9.55 Å². The third-order valence-electron chi connectivity index (χ3n) is 5.22. The van der Waals surface area contributed by atoms with E-state index in [2.05, 4.69) is 26.7 Å². The van der Waals surface area contributed by atoms with Crippen molar-refractivity contribution in [3.63, 3.8) is 0 Å². The molecule has 3 heterocycles. The molecule has 1 aromatic rings. The number of aromatic nitrogens is 2. The normalized spacial score (nSPS) is 35.6. The summed E-state index contributed by atoms with van der Waals surface area (Å²) < 4.78 is 78.1. The fraction of sp³-hybridized carbons (Fsp3) is 0.714. The maximum Gasteiger partial charge on any atom is 0.490 e. The van der Waals surface area contributed by atoms with Crippen molar-refractivity contribution in [3.05, 3.63) is 33.1 Å². The molecule has 28 heteroatoms. The molecule has 0 aromatic carbocycles. The molecule has 12 atom stereocenters. The minimum absolute atomic E-state index is 0.651. The van der Waals surface area contributed by atoms with Gasteiger partial charge in [0, 0.05) is 12.3 Å². The van der Waals surface area contributed by atoms with Gasteiger partial charge in [-0.3, -0.25) is 23.4 Å². The van der Waals surface area contributed by atoms with Crippen LogP contribution in [0.3, 0.4) is 0 Å². The molecule has 1 aromatic heterocycles. The molecule has 0 bridgehead atoms. The van der Waals surface area contributed by atoms with Gasteiger partial charge in [0.05, 0.1) is 13.2 Å². The largest absolute Gasteiger partial charge is 0.490 e. The Labute approximate surface area is 231 Å². The highest BCUT2D eigenvalue weighted by molar-refractivity contribution is 7.69. The molecule has 0 saturated carbocycles. The van der Waals surface area contributed by atoms with Crippen LogP contribution in [0.5, 0.6) is 0 Å². The first-order chi connectivity index (χ1) is 19.1. The summed E-state index contributed by atoms with van der Waals surface area (Å²) in [6.07, 6.45) is -13.4. The Bertz CT molecular complexity index is 1430. The van der Waals surface area contributed by atoms with Crippen molar-refractivity contribution in [1.29, 1.82) is 0 Å². The van der Waals surface area contributed by atoms with Crippen LogP contribution in [-0.2, 0) is 49.7 Å². The second-order valence-electron chi connectivity index (χ2n) is 8.32. The molecule has 5 unspecified atom stereocenters. The van der Waals surface area contributed by atoms with Crippen LogP contribution in [0.4, 0.5) is 0 Å². The van der Waals surface area contributed by atoms with Crippen molar-refractivity contribution in [2.24, 2.45) is 0 Å². The predicted octanol–water partition coefficient (Wildman–Crippen LogP) is -3.92. The minimum atomic E-state index is -6.17. The van der Waals surface area contributed by atoms with Crippen LogP contribution in [0.15, 0.2) is 21.9 Å². The molecule has 2 saturated heterocycles. The number of rotatable bonds is 13. The maximum absolute atomic E-state index is 12.1. The molecule has 10 N–H and O–H groups in total. The second-order valence-corrected chi connectivity index (χ2v) is 14.5. The van der Waals surface area contributed by atoms with Gasteiger partial charge < -0.3 is 54.6 Å². The van der Waals surface area contributed by atoms with Crippen LogP contribution in [-0.4, -0.2) is 111 Å². The summed E-state index contributed by atoms with van der Waals surface area (Å²) in [6, 6.07) is 0.874. The minimum Gasteiger partial charge on any atom is -0.387 e. The number of aliphatic hydroxyl groups excluding tert-OH is 5. The number of nitrogens with zero attached hydrogens (tertiary/aromatic N) is 1. The zero-order valence-corrected chi connectivity index (χ0v) is 23.8. The molecular formula is C14H24N2O22P4. The summed E-state index contributed by atoms with van der Waals surface area (Å²) in [5.74, 6) is 0. The molecule has 3 rings (SSSR count). The molecule has 242 valence electrons. The van der Waals surface area contributed by atoms with Crippen LogP contribution in [0.25, 0.3) is 0 Å². The van der Waals surface area contributed by atoms with Crippen molar-refractivity contribution >= 4 is 31.3 Å². The molecule has 2 aliphatic heterocycles. The Morgan fingerprint density at radius 2 is 1.17 bits per heavy atom. The SMILES string of the molecule is O=c1ccn([C@@H]2O[C@H](COP(=O)(O)OP(=O)(O)OP(=O)(O)OP(=O)(O)OC[C@H]3OC(O)[C@H](O)[C@@H]3O)[C@@H](O)[C@H]2O)c(=O)[nH]1. The lowest BCUT2D eigenvalue weighted by Gasteiger charge is -2.21. The van der Waals surface area contributed by atoms with Crippen LogP contribution in [0.1, 0.15) is 6.23 Å². The van der Waals surface area contributed by atoms with Crippen molar-refractivity contribution in [2.75, 3.05) is 13.2 Å². The van der Waals surface area contributed by atoms with Gasteiger partial charge in [0.25, 0.3) is 5.56 Å². The van der Waals surface area contributed by atoms with Crippen LogP contribution >= 0.6 is 31.3 Å². The number of hydrogen-bond acceptors (Lipinski definition) is 18. The van der Waals surface area contributed by atoms with E-state index < -0.39 is 105 Å². The number of phosphoric acid groups is 4. The summed E-state index contributed by atoms with van der Waals surface area (Å²) in [5.41, 5.74) is -1.87. The first kappa shape index (κ1) is 35.4. The van der Waals surface area contributed by atoms with E-state index in [-0.39, 0.29) is 0 Å². The van der Waals surface area contributed by atoms with Gasteiger partial charge in [0.1, 0.15) is 36.6 Å². The molecule has 42 heavy (non-hydrogen) atoms. The third-order valence-corrected chi connectivity index (χ3v) is 11.1. The lowest BCUT2D eigenvalue weighted by atomic mass is 10.1. The standard InChI is InChI=1S/C14H24N2O22P4/c17-7-1-2-16(14(23)15-7)12-10(20)8(18)5(34-12)3-32-39(24,25)36-41(28,29)38-42(30,31)37-40(26,27)33-4-6-9(19)11(21)13(22)35-6/h1-2,5-6,8-13,18-22H,3-4H2,(H,24,25)(H,26,27)(H,28,29)(H,30,31)(H,15,17,23)/t5-,6-,8-,9-,10-,11-,12-,13?/m1/s1. The summed E-state index contributed by atoms with van der Waals surface area (Å²) in [6.45, 7) is -2.33. The Morgan fingerprint density at radius 3 is 1.62 bits per heavy atom. The zero-order valence-electron chi connectivity index (χ0n) is 20.3. The maximum atomic E-state index is 12.1. The second kappa shape index (κ2) is 13.1. The Balaban J connectivity index is 1.55. The smallest absolute Gasteiger partial charge is 0.387 e. The topological polar surface area (TPSA) is 370 Å². The zero-order chi connectivity index (χ0) is 31.8. The highest BCUT2D eigenvalue weighted by atomic mass is 31.3. The number of aliphatic hydroxyl groups is 5. The van der Waals surface area contributed by atoms with Gasteiger partial charge in [-0.25, -0.2) is 23.1 Å². The van der Waals surface area contributed by atoms with Crippen molar-refractivity contribution in [3.8, 4) is 0 Å². The fourth-order valence-corrected chi connectivity index (χ4v) is 8.35. The van der Waals surface area contributed by atoms with Gasteiger partial charge in [-0.05, 0) is 0 Å². The average Bonchev–Trinajstić information content (AvgIpc) is 3.23. The van der Waals surface area contributed by atoms with E-state index >= 15 is 0 Å². The van der Waals surface area contributed by atoms with Gasteiger partial charge in [-0.15, -0.1) is 0 Å². The van der Waals surface area contributed by atoms with E-state index in [1.54, 1.807) is 0 Å². The number of ether oxygens (including phenoxy) is 2. The summed E-state index contributed by atoms with van der Waals surface area (Å²) in [4.78, 5) is 63.3. The molecule has 0 radical (unpaired) electrons. The number of nitrogens with one attached hydrogen (secondary N) is 1. The van der Waals surface area contributed by atoms with E-state index in [4.69, 9.17) is 4.74 Å². The predicted molar refractivity (Wildman–Crippen MR) is 125 cm³/mol. The van der Waals surface area contributed by atoms with Gasteiger partial charge in [0.2, 0.25) is 0 Å². The lowest BCUT2D eigenvalue weighted by molar-refractivity contribution is -0.132. The molecule has 24 nitrogen and oxygen atoms in total.